The van der Waals surface area contributed by atoms with Crippen molar-refractivity contribution in [2.45, 2.75) is 6.54 Å². The van der Waals surface area contributed by atoms with Crippen LogP contribution in [0.5, 0.6) is 5.75 Å². The number of hydrogen-bond acceptors (Lipinski definition) is 2. The van der Waals surface area contributed by atoms with Crippen LogP contribution in [0.25, 0.3) is 0 Å². The van der Waals surface area contributed by atoms with Crippen molar-refractivity contribution in [2.24, 2.45) is 0 Å². The highest BCUT2D eigenvalue weighted by Crippen LogP contribution is 2.16. The van der Waals surface area contributed by atoms with Crippen LogP contribution in [0, 0.1) is 5.82 Å². The number of carbonyl (C=O) groups is 1. The van der Waals surface area contributed by atoms with Crippen LogP contribution < -0.4 is 15.4 Å². The van der Waals surface area contributed by atoms with Crippen LogP contribution in [0.15, 0.2) is 48.5 Å². The Hall–Kier alpha value is -2.27. The Morgan fingerprint density at radius 1 is 1.14 bits per heavy atom. The van der Waals surface area contributed by atoms with Crippen molar-refractivity contribution in [3.8, 4) is 5.75 Å². The Labute approximate surface area is 133 Å². The average molecular weight is 323 g/mol. The molecule has 116 valence electrons. The van der Waals surface area contributed by atoms with Gasteiger partial charge < -0.3 is 15.4 Å². The Balaban J connectivity index is 1.62. The fourth-order valence-corrected chi connectivity index (χ4v) is 1.92. The number of urea groups is 1. The smallest absolute Gasteiger partial charge is 0.315 e. The quantitative estimate of drug-likeness (QED) is 0.801. The third-order valence-corrected chi connectivity index (χ3v) is 3.05. The highest BCUT2D eigenvalue weighted by atomic mass is 35.5. The van der Waals surface area contributed by atoms with E-state index >= 15 is 0 Å². The van der Waals surface area contributed by atoms with Gasteiger partial charge in [0, 0.05) is 11.6 Å². The molecule has 4 nitrogen and oxygen atoms in total. The van der Waals surface area contributed by atoms with Crippen LogP contribution in [0.3, 0.4) is 0 Å². The fourth-order valence-electron chi connectivity index (χ4n) is 1.74. The molecule has 2 amide bonds. The molecule has 0 aliphatic heterocycles. The molecular weight excluding hydrogens is 307 g/mol. The number of nitrogens with one attached hydrogen (secondary N) is 2. The first-order chi connectivity index (χ1) is 10.6. The Morgan fingerprint density at radius 3 is 2.64 bits per heavy atom. The maximum atomic E-state index is 12.7. The largest absolute Gasteiger partial charge is 0.492 e. The highest BCUT2D eigenvalue weighted by Gasteiger charge is 2.01. The van der Waals surface area contributed by atoms with Crippen molar-refractivity contribution >= 4 is 17.6 Å². The van der Waals surface area contributed by atoms with Crippen molar-refractivity contribution in [1.29, 1.82) is 0 Å². The van der Waals surface area contributed by atoms with E-state index in [2.05, 4.69) is 10.6 Å². The van der Waals surface area contributed by atoms with E-state index < -0.39 is 0 Å². The number of halogens is 2. The maximum Gasteiger partial charge on any atom is 0.315 e. The predicted octanol–water partition coefficient (Wildman–Crippen LogP) is 3.36. The highest BCUT2D eigenvalue weighted by molar-refractivity contribution is 6.30. The average Bonchev–Trinajstić information content (AvgIpc) is 2.51. The molecule has 0 atom stereocenters. The van der Waals surface area contributed by atoms with Gasteiger partial charge in [-0.15, -0.1) is 0 Å². The number of ether oxygens (including phenoxy) is 1. The summed E-state index contributed by atoms with van der Waals surface area (Å²) in [5.74, 6) is 0.354. The fraction of sp³-hybridized carbons (Fsp3) is 0.188. The van der Waals surface area contributed by atoms with Gasteiger partial charge >= 0.3 is 6.03 Å². The van der Waals surface area contributed by atoms with Crippen LogP contribution in [0.2, 0.25) is 5.02 Å². The number of benzene rings is 2. The lowest BCUT2D eigenvalue weighted by atomic mass is 10.2. The van der Waals surface area contributed by atoms with Crippen LogP contribution in [-0.4, -0.2) is 19.2 Å². The number of amides is 2. The number of rotatable bonds is 6. The first-order valence-electron chi connectivity index (χ1n) is 6.78. The van der Waals surface area contributed by atoms with Gasteiger partial charge in [0.2, 0.25) is 0 Å². The Morgan fingerprint density at radius 2 is 1.91 bits per heavy atom. The number of carbonyl (C=O) groups excluding carboxylic acids is 1. The third-order valence-electron chi connectivity index (χ3n) is 2.82. The molecular formula is C16H16ClFN2O2. The van der Waals surface area contributed by atoms with Gasteiger partial charge in [0.1, 0.15) is 18.2 Å². The van der Waals surface area contributed by atoms with E-state index in [-0.39, 0.29) is 11.8 Å². The first kappa shape index (κ1) is 16.1. The molecule has 2 aromatic rings. The summed E-state index contributed by atoms with van der Waals surface area (Å²) < 4.78 is 18.2. The van der Waals surface area contributed by atoms with E-state index in [1.807, 2.05) is 0 Å². The van der Waals surface area contributed by atoms with Crippen molar-refractivity contribution in [3.63, 3.8) is 0 Å². The summed E-state index contributed by atoms with van der Waals surface area (Å²) in [5.41, 5.74) is 0.826. The van der Waals surface area contributed by atoms with Gasteiger partial charge in [-0.1, -0.05) is 29.8 Å². The topological polar surface area (TPSA) is 50.4 Å². The first-order valence-corrected chi connectivity index (χ1v) is 7.16. The zero-order valence-electron chi connectivity index (χ0n) is 11.8. The van der Waals surface area contributed by atoms with E-state index in [0.717, 1.165) is 5.56 Å². The minimum absolute atomic E-state index is 0.300. The molecule has 0 aliphatic carbocycles. The summed E-state index contributed by atoms with van der Waals surface area (Å²) in [7, 11) is 0. The monoisotopic (exact) mass is 322 g/mol. The molecule has 0 spiro atoms. The minimum atomic E-state index is -0.306. The van der Waals surface area contributed by atoms with Gasteiger partial charge in [0.25, 0.3) is 0 Å². The van der Waals surface area contributed by atoms with Crippen molar-refractivity contribution in [2.75, 3.05) is 13.2 Å². The molecule has 0 saturated heterocycles. The third kappa shape index (κ3) is 5.61. The second-order valence-electron chi connectivity index (χ2n) is 4.54. The van der Waals surface area contributed by atoms with E-state index in [0.29, 0.717) is 30.5 Å². The molecule has 0 aromatic heterocycles. The molecule has 0 fully saturated rings. The summed E-state index contributed by atoms with van der Waals surface area (Å²) in [6.45, 7) is 1.04. The van der Waals surface area contributed by atoms with Crippen LogP contribution in [-0.2, 0) is 6.54 Å². The van der Waals surface area contributed by atoms with E-state index in [1.165, 1.54) is 12.1 Å². The molecule has 0 bridgehead atoms. The van der Waals surface area contributed by atoms with E-state index in [1.54, 1.807) is 36.4 Å². The lowest BCUT2D eigenvalue weighted by Gasteiger charge is -2.09. The molecule has 22 heavy (non-hydrogen) atoms. The summed E-state index contributed by atoms with van der Waals surface area (Å²) in [6, 6.07) is 12.7. The normalized spacial score (nSPS) is 10.1. The van der Waals surface area contributed by atoms with E-state index in [9.17, 15) is 9.18 Å². The second kappa shape index (κ2) is 8.24. The SMILES string of the molecule is O=C(NCCOc1cccc(Cl)c1)NCc1ccc(F)cc1. The van der Waals surface area contributed by atoms with Crippen molar-refractivity contribution < 1.29 is 13.9 Å². The van der Waals surface area contributed by atoms with Crippen molar-refractivity contribution in [1.82, 2.24) is 10.6 Å². The molecule has 0 unspecified atom stereocenters. The van der Waals surface area contributed by atoms with Gasteiger partial charge in [-0.3, -0.25) is 0 Å². The van der Waals surface area contributed by atoms with Gasteiger partial charge in [-0.05, 0) is 35.9 Å². The summed E-state index contributed by atoms with van der Waals surface area (Å²) in [5, 5.41) is 5.94. The second-order valence-corrected chi connectivity index (χ2v) is 4.98. The van der Waals surface area contributed by atoms with Crippen LogP contribution in [0.1, 0.15) is 5.56 Å². The summed E-state index contributed by atoms with van der Waals surface area (Å²) in [4.78, 5) is 11.6. The minimum Gasteiger partial charge on any atom is -0.492 e. The standard InChI is InChI=1S/C16H16ClFN2O2/c17-13-2-1-3-15(10-13)22-9-8-19-16(21)20-11-12-4-6-14(18)7-5-12/h1-7,10H,8-9,11H2,(H2,19,20,21). The van der Waals surface area contributed by atoms with Crippen LogP contribution in [0.4, 0.5) is 9.18 Å². The molecule has 0 aliphatic rings. The number of hydrogen-bond donors (Lipinski definition) is 2. The molecule has 6 heteroatoms. The van der Waals surface area contributed by atoms with E-state index in [4.69, 9.17) is 16.3 Å². The predicted molar refractivity (Wildman–Crippen MR) is 83.6 cm³/mol. The van der Waals surface area contributed by atoms with Crippen LogP contribution >= 0.6 is 11.6 Å². The van der Waals surface area contributed by atoms with Gasteiger partial charge in [0.15, 0.2) is 0 Å². The Kier molecular flexibility index (Phi) is 6.03. The molecule has 0 radical (unpaired) electrons. The molecule has 0 heterocycles. The van der Waals surface area contributed by atoms with Gasteiger partial charge in [-0.2, -0.15) is 0 Å². The van der Waals surface area contributed by atoms with Gasteiger partial charge in [-0.25, -0.2) is 9.18 Å². The van der Waals surface area contributed by atoms with Crippen molar-refractivity contribution in [3.05, 3.63) is 64.9 Å². The zero-order valence-corrected chi connectivity index (χ0v) is 12.6. The Bertz CT molecular complexity index is 620. The maximum absolute atomic E-state index is 12.7. The summed E-state index contributed by atoms with van der Waals surface area (Å²) >= 11 is 5.83. The van der Waals surface area contributed by atoms with Gasteiger partial charge in [0.05, 0.1) is 6.54 Å². The molecule has 2 N–H and O–H groups in total. The molecule has 0 saturated carbocycles. The summed E-state index contributed by atoms with van der Waals surface area (Å²) in [6.07, 6.45) is 0. The zero-order chi connectivity index (χ0) is 15.8. The lowest BCUT2D eigenvalue weighted by molar-refractivity contribution is 0.236. The molecule has 2 aromatic carbocycles. The molecule has 2 rings (SSSR count). The lowest BCUT2D eigenvalue weighted by Crippen LogP contribution is -2.37.